The largest absolute Gasteiger partial charge is 0.468 e. The lowest BCUT2D eigenvalue weighted by molar-refractivity contribution is -0.144. The topological polar surface area (TPSA) is 51.0 Å². The van der Waals surface area contributed by atoms with Crippen LogP contribution in [0.4, 0.5) is 0 Å². The standard InChI is InChI=1S/C18H25N3O3S/c1-15-19-16(11-25-15)9-20-4-7-22-14-18(12-20)13-21(5-8-24-18)10-17-3-2-6-23-17/h2-3,6,11H,4-5,7-10,12-14H2,1H3/t18-/m0/s1. The van der Waals surface area contributed by atoms with E-state index in [0.29, 0.717) is 6.61 Å². The normalized spacial score (nSPS) is 26.1. The van der Waals surface area contributed by atoms with Crippen LogP contribution >= 0.6 is 11.3 Å². The van der Waals surface area contributed by atoms with Gasteiger partial charge in [-0.25, -0.2) is 4.98 Å². The molecule has 2 aromatic heterocycles. The molecule has 0 saturated carbocycles. The molecular formula is C18H25N3O3S. The zero-order valence-electron chi connectivity index (χ0n) is 14.6. The van der Waals surface area contributed by atoms with Gasteiger partial charge in [-0.2, -0.15) is 0 Å². The van der Waals surface area contributed by atoms with E-state index in [1.165, 1.54) is 0 Å². The highest BCUT2D eigenvalue weighted by Gasteiger charge is 2.40. The van der Waals surface area contributed by atoms with E-state index in [2.05, 4.69) is 27.1 Å². The maximum Gasteiger partial charge on any atom is 0.117 e. The van der Waals surface area contributed by atoms with Gasteiger partial charge in [0.1, 0.15) is 11.4 Å². The van der Waals surface area contributed by atoms with Crippen molar-refractivity contribution in [2.24, 2.45) is 0 Å². The number of furan rings is 1. The number of aromatic nitrogens is 1. The van der Waals surface area contributed by atoms with Crippen LogP contribution in [-0.4, -0.2) is 66.4 Å². The molecule has 0 radical (unpaired) electrons. The van der Waals surface area contributed by atoms with Crippen molar-refractivity contribution in [1.82, 2.24) is 14.8 Å². The monoisotopic (exact) mass is 363 g/mol. The molecular weight excluding hydrogens is 338 g/mol. The number of hydrogen-bond donors (Lipinski definition) is 0. The van der Waals surface area contributed by atoms with Crippen molar-refractivity contribution in [3.63, 3.8) is 0 Å². The molecule has 2 aliphatic rings. The summed E-state index contributed by atoms with van der Waals surface area (Å²) in [7, 11) is 0. The summed E-state index contributed by atoms with van der Waals surface area (Å²) in [6.07, 6.45) is 1.73. The van der Waals surface area contributed by atoms with Crippen LogP contribution in [0.15, 0.2) is 28.2 Å². The minimum Gasteiger partial charge on any atom is -0.468 e. The summed E-state index contributed by atoms with van der Waals surface area (Å²) < 4.78 is 17.7. The Morgan fingerprint density at radius 3 is 2.80 bits per heavy atom. The fraction of sp³-hybridized carbons (Fsp3) is 0.611. The molecule has 25 heavy (non-hydrogen) atoms. The van der Waals surface area contributed by atoms with Crippen LogP contribution in [0, 0.1) is 6.92 Å². The minimum atomic E-state index is -0.271. The summed E-state index contributed by atoms with van der Waals surface area (Å²) in [5.74, 6) is 1.00. The Morgan fingerprint density at radius 1 is 1.20 bits per heavy atom. The molecule has 0 aromatic carbocycles. The molecule has 6 nitrogen and oxygen atoms in total. The second-order valence-electron chi connectivity index (χ2n) is 6.94. The van der Waals surface area contributed by atoms with Crippen molar-refractivity contribution in [1.29, 1.82) is 0 Å². The van der Waals surface area contributed by atoms with Crippen LogP contribution < -0.4 is 0 Å². The highest BCUT2D eigenvalue weighted by Crippen LogP contribution is 2.25. The molecule has 2 saturated heterocycles. The van der Waals surface area contributed by atoms with Crippen LogP contribution in [0.1, 0.15) is 16.5 Å². The third-order valence-corrected chi connectivity index (χ3v) is 5.59. The zero-order valence-corrected chi connectivity index (χ0v) is 15.5. The third-order valence-electron chi connectivity index (χ3n) is 4.77. The highest BCUT2D eigenvalue weighted by atomic mass is 32.1. The summed E-state index contributed by atoms with van der Waals surface area (Å²) in [6, 6.07) is 3.97. The molecule has 136 valence electrons. The van der Waals surface area contributed by atoms with Gasteiger partial charge in [0.25, 0.3) is 0 Å². The van der Waals surface area contributed by atoms with Crippen LogP contribution in [0.3, 0.4) is 0 Å². The molecule has 1 spiro atoms. The van der Waals surface area contributed by atoms with Crippen molar-refractivity contribution in [3.05, 3.63) is 40.2 Å². The average molecular weight is 363 g/mol. The second kappa shape index (κ2) is 7.55. The summed E-state index contributed by atoms with van der Waals surface area (Å²) in [5.41, 5.74) is 0.870. The van der Waals surface area contributed by atoms with Crippen LogP contribution in [0.5, 0.6) is 0 Å². The van der Waals surface area contributed by atoms with Crippen LogP contribution in [0.2, 0.25) is 0 Å². The van der Waals surface area contributed by atoms with Crippen LogP contribution in [0.25, 0.3) is 0 Å². The van der Waals surface area contributed by atoms with Crippen molar-refractivity contribution >= 4 is 11.3 Å². The van der Waals surface area contributed by atoms with E-state index >= 15 is 0 Å². The van der Waals surface area contributed by atoms with Gasteiger partial charge in [-0.15, -0.1) is 11.3 Å². The number of hydrogen-bond acceptors (Lipinski definition) is 7. The van der Waals surface area contributed by atoms with E-state index in [-0.39, 0.29) is 5.60 Å². The molecule has 0 aliphatic carbocycles. The van der Waals surface area contributed by atoms with E-state index < -0.39 is 0 Å². The first kappa shape index (κ1) is 17.2. The number of thiazole rings is 1. The Hall–Kier alpha value is -1.25. The first-order chi connectivity index (χ1) is 12.2. The molecule has 2 aliphatic heterocycles. The first-order valence-electron chi connectivity index (χ1n) is 8.81. The van der Waals surface area contributed by atoms with E-state index in [1.54, 1.807) is 17.6 Å². The lowest BCUT2D eigenvalue weighted by Gasteiger charge is -2.43. The van der Waals surface area contributed by atoms with E-state index in [1.807, 2.05) is 12.1 Å². The second-order valence-corrected chi connectivity index (χ2v) is 8.00. The molecule has 2 aromatic rings. The van der Waals surface area contributed by atoms with E-state index in [0.717, 1.165) is 68.9 Å². The molecule has 0 bridgehead atoms. The van der Waals surface area contributed by atoms with Gasteiger partial charge in [-0.1, -0.05) is 0 Å². The number of nitrogens with zero attached hydrogens (tertiary/aromatic N) is 3. The fourth-order valence-electron chi connectivity index (χ4n) is 3.69. The predicted octanol–water partition coefficient (Wildman–Crippen LogP) is 2.15. The maximum atomic E-state index is 6.25. The fourth-order valence-corrected chi connectivity index (χ4v) is 4.30. The zero-order chi connectivity index (χ0) is 17.1. The molecule has 0 N–H and O–H groups in total. The summed E-state index contributed by atoms with van der Waals surface area (Å²) in [4.78, 5) is 9.43. The summed E-state index contributed by atoms with van der Waals surface area (Å²) in [6.45, 7) is 9.43. The van der Waals surface area contributed by atoms with Gasteiger partial charge in [0.05, 0.1) is 43.3 Å². The quantitative estimate of drug-likeness (QED) is 0.830. The molecule has 7 heteroatoms. The van der Waals surface area contributed by atoms with E-state index in [9.17, 15) is 0 Å². The van der Waals surface area contributed by atoms with Gasteiger partial charge in [0.2, 0.25) is 0 Å². The maximum absolute atomic E-state index is 6.25. The average Bonchev–Trinajstić information content (AvgIpc) is 3.19. The number of rotatable bonds is 4. The van der Waals surface area contributed by atoms with Gasteiger partial charge >= 0.3 is 0 Å². The Labute approximate surface area is 152 Å². The molecule has 4 rings (SSSR count). The van der Waals surface area contributed by atoms with Gasteiger partial charge in [-0.05, 0) is 19.1 Å². The first-order valence-corrected chi connectivity index (χ1v) is 9.69. The van der Waals surface area contributed by atoms with Gasteiger partial charge < -0.3 is 13.9 Å². The van der Waals surface area contributed by atoms with Crippen molar-refractivity contribution in [2.45, 2.75) is 25.6 Å². The third kappa shape index (κ3) is 4.30. The Balaban J connectivity index is 1.43. The van der Waals surface area contributed by atoms with Crippen molar-refractivity contribution < 1.29 is 13.9 Å². The lowest BCUT2D eigenvalue weighted by atomic mass is 10.0. The van der Waals surface area contributed by atoms with Crippen LogP contribution in [-0.2, 0) is 22.6 Å². The minimum absolute atomic E-state index is 0.271. The Kier molecular flexibility index (Phi) is 5.19. The highest BCUT2D eigenvalue weighted by molar-refractivity contribution is 7.09. The van der Waals surface area contributed by atoms with Crippen molar-refractivity contribution in [2.75, 3.05) is 46.0 Å². The molecule has 0 amide bonds. The smallest absolute Gasteiger partial charge is 0.117 e. The lowest BCUT2D eigenvalue weighted by Crippen LogP contribution is -2.58. The number of aryl methyl sites for hydroxylation is 1. The van der Waals surface area contributed by atoms with E-state index in [4.69, 9.17) is 13.9 Å². The van der Waals surface area contributed by atoms with Gasteiger partial charge in [-0.3, -0.25) is 9.80 Å². The molecule has 1 atom stereocenters. The predicted molar refractivity (Wildman–Crippen MR) is 95.6 cm³/mol. The van der Waals surface area contributed by atoms with Gasteiger partial charge in [0, 0.05) is 38.1 Å². The Bertz CT molecular complexity index is 675. The molecule has 4 heterocycles. The van der Waals surface area contributed by atoms with Crippen molar-refractivity contribution in [3.8, 4) is 0 Å². The summed E-state index contributed by atoms with van der Waals surface area (Å²) >= 11 is 1.71. The Morgan fingerprint density at radius 2 is 2.04 bits per heavy atom. The number of ether oxygens (including phenoxy) is 2. The molecule has 0 unspecified atom stereocenters. The molecule has 2 fully saturated rings. The summed E-state index contributed by atoms with van der Waals surface area (Å²) in [5, 5.41) is 3.27. The number of morpholine rings is 1. The SMILES string of the molecule is Cc1nc(CN2CCOC[C@]3(C2)CN(Cc2ccco2)CCO3)cs1. The van der Waals surface area contributed by atoms with Gasteiger partial charge in [0.15, 0.2) is 0 Å².